The highest BCUT2D eigenvalue weighted by Gasteiger charge is 2.24. The van der Waals surface area contributed by atoms with Gasteiger partial charge in [0.2, 0.25) is 10.0 Å². The van der Waals surface area contributed by atoms with E-state index in [0.29, 0.717) is 6.54 Å². The summed E-state index contributed by atoms with van der Waals surface area (Å²) in [6.45, 7) is 6.20. The summed E-state index contributed by atoms with van der Waals surface area (Å²) in [6.07, 6.45) is 0. The summed E-state index contributed by atoms with van der Waals surface area (Å²) < 4.78 is 27.4. The van der Waals surface area contributed by atoms with Crippen molar-refractivity contribution in [3.05, 3.63) is 28.2 Å². The first-order chi connectivity index (χ1) is 10.3. The van der Waals surface area contributed by atoms with Gasteiger partial charge >= 0.3 is 0 Å². The number of nitrogens with zero attached hydrogens (tertiary/aromatic N) is 2. The number of hydrogen-bond acceptors (Lipinski definition) is 4. The molecule has 1 N–H and O–H groups in total. The largest absolute Gasteiger partial charge is 0.304 e. The molecule has 2 rings (SSSR count). The molecule has 1 atom stereocenters. The third kappa shape index (κ3) is 4.34. The Morgan fingerprint density at radius 2 is 1.73 bits per heavy atom. The lowest BCUT2D eigenvalue weighted by molar-refractivity contribution is 0.120. The summed E-state index contributed by atoms with van der Waals surface area (Å²) in [5, 5.41) is 0.263. The molecule has 8 heteroatoms. The van der Waals surface area contributed by atoms with Gasteiger partial charge in [-0.05, 0) is 26.1 Å². The molecule has 22 heavy (non-hydrogen) atoms. The number of nitrogens with one attached hydrogen (secondary N) is 1. The second-order valence-corrected chi connectivity index (χ2v) is 8.11. The number of hydrogen-bond donors (Lipinski definition) is 1. The van der Waals surface area contributed by atoms with E-state index in [4.69, 9.17) is 23.2 Å². The highest BCUT2D eigenvalue weighted by atomic mass is 35.5. The fourth-order valence-electron chi connectivity index (χ4n) is 2.43. The van der Waals surface area contributed by atoms with Crippen LogP contribution in [0, 0.1) is 0 Å². The minimum absolute atomic E-state index is 0.0519. The fraction of sp³-hybridized carbons (Fsp3) is 0.571. The predicted octanol–water partition coefficient (Wildman–Crippen LogP) is 1.91. The Balaban J connectivity index is 2.01. The van der Waals surface area contributed by atoms with Gasteiger partial charge in [0.25, 0.3) is 0 Å². The van der Waals surface area contributed by atoms with Gasteiger partial charge in [-0.25, -0.2) is 13.1 Å². The molecule has 0 bridgehead atoms. The van der Waals surface area contributed by atoms with Crippen molar-refractivity contribution >= 4 is 33.2 Å². The quantitative estimate of drug-likeness (QED) is 0.865. The first kappa shape index (κ1) is 18.0. The van der Waals surface area contributed by atoms with Crippen molar-refractivity contribution in [2.24, 2.45) is 0 Å². The zero-order chi connectivity index (χ0) is 16.3. The molecule has 0 unspecified atom stereocenters. The van der Waals surface area contributed by atoms with Crippen molar-refractivity contribution in [2.75, 3.05) is 39.8 Å². The summed E-state index contributed by atoms with van der Waals surface area (Å²) in [4.78, 5) is 4.48. The zero-order valence-corrected chi connectivity index (χ0v) is 15.0. The lowest BCUT2D eigenvalue weighted by Gasteiger charge is -2.36. The number of benzene rings is 1. The SMILES string of the molecule is C[C@@H](CNS(=O)(=O)c1c(Cl)cccc1Cl)N1CCN(C)CC1. The van der Waals surface area contributed by atoms with Gasteiger partial charge in [0.1, 0.15) is 4.90 Å². The van der Waals surface area contributed by atoms with Gasteiger partial charge in [-0.15, -0.1) is 0 Å². The smallest absolute Gasteiger partial charge is 0.243 e. The normalized spacial score (nSPS) is 19.3. The van der Waals surface area contributed by atoms with Gasteiger partial charge < -0.3 is 4.90 Å². The number of likely N-dealkylation sites (N-methyl/N-ethyl adjacent to an activating group) is 1. The van der Waals surface area contributed by atoms with Gasteiger partial charge in [0.05, 0.1) is 10.0 Å². The summed E-state index contributed by atoms with van der Waals surface area (Å²) in [6, 6.07) is 4.78. The second-order valence-electron chi connectivity index (χ2n) is 5.59. The number of sulfonamides is 1. The maximum atomic E-state index is 12.4. The Morgan fingerprint density at radius 3 is 2.27 bits per heavy atom. The van der Waals surface area contributed by atoms with E-state index in [1.165, 1.54) is 12.1 Å². The van der Waals surface area contributed by atoms with E-state index >= 15 is 0 Å². The van der Waals surface area contributed by atoms with Crippen LogP contribution in [0.4, 0.5) is 0 Å². The highest BCUT2D eigenvalue weighted by molar-refractivity contribution is 7.89. The van der Waals surface area contributed by atoms with Crippen LogP contribution in [0.25, 0.3) is 0 Å². The van der Waals surface area contributed by atoms with Gasteiger partial charge in [-0.2, -0.15) is 0 Å². The number of halogens is 2. The molecule has 0 saturated carbocycles. The average Bonchev–Trinajstić information content (AvgIpc) is 2.45. The lowest BCUT2D eigenvalue weighted by atomic mass is 10.2. The molecule has 1 aromatic carbocycles. The van der Waals surface area contributed by atoms with Crippen molar-refractivity contribution in [3.63, 3.8) is 0 Å². The minimum atomic E-state index is -3.72. The number of piperazine rings is 1. The molecule has 0 amide bonds. The van der Waals surface area contributed by atoms with E-state index in [-0.39, 0.29) is 21.0 Å². The van der Waals surface area contributed by atoms with Crippen LogP contribution in [0.2, 0.25) is 10.0 Å². The zero-order valence-electron chi connectivity index (χ0n) is 12.7. The molecule has 0 aromatic heterocycles. The topological polar surface area (TPSA) is 52.7 Å². The van der Waals surface area contributed by atoms with Crippen molar-refractivity contribution in [3.8, 4) is 0 Å². The summed E-state index contributed by atoms with van der Waals surface area (Å²) in [5.74, 6) is 0. The third-order valence-electron chi connectivity index (χ3n) is 3.92. The second kappa shape index (κ2) is 7.47. The molecular weight excluding hydrogens is 345 g/mol. The Labute approximate surface area is 142 Å². The van der Waals surface area contributed by atoms with Crippen LogP contribution in [-0.2, 0) is 10.0 Å². The molecule has 1 aliphatic rings. The van der Waals surface area contributed by atoms with Crippen LogP contribution in [0.3, 0.4) is 0 Å². The molecule has 1 aliphatic heterocycles. The van der Waals surface area contributed by atoms with Crippen molar-refractivity contribution in [2.45, 2.75) is 17.9 Å². The van der Waals surface area contributed by atoms with Crippen LogP contribution in [0.1, 0.15) is 6.92 Å². The van der Waals surface area contributed by atoms with Crippen molar-refractivity contribution in [1.82, 2.24) is 14.5 Å². The van der Waals surface area contributed by atoms with E-state index in [2.05, 4.69) is 21.6 Å². The van der Waals surface area contributed by atoms with E-state index in [1.807, 2.05) is 6.92 Å². The van der Waals surface area contributed by atoms with Crippen LogP contribution in [0.5, 0.6) is 0 Å². The Bertz CT molecular complexity index is 596. The standard InChI is InChI=1S/C14H21Cl2N3O2S/c1-11(19-8-6-18(2)7-9-19)10-17-22(20,21)14-12(15)4-3-5-13(14)16/h3-5,11,17H,6-10H2,1-2H3/t11-/m0/s1. The lowest BCUT2D eigenvalue weighted by Crippen LogP contribution is -2.51. The molecule has 0 aliphatic carbocycles. The van der Waals surface area contributed by atoms with Crippen molar-refractivity contribution in [1.29, 1.82) is 0 Å². The molecule has 5 nitrogen and oxygen atoms in total. The monoisotopic (exact) mass is 365 g/mol. The molecule has 0 radical (unpaired) electrons. The average molecular weight is 366 g/mol. The predicted molar refractivity (Wildman–Crippen MR) is 90.2 cm³/mol. The molecule has 124 valence electrons. The van der Waals surface area contributed by atoms with Crippen LogP contribution in [-0.4, -0.2) is 64.0 Å². The summed E-state index contributed by atoms with van der Waals surface area (Å²) in [7, 11) is -1.63. The Kier molecular flexibility index (Phi) is 6.10. The molecule has 1 aromatic rings. The molecule has 1 heterocycles. The Morgan fingerprint density at radius 1 is 1.18 bits per heavy atom. The molecule has 1 saturated heterocycles. The van der Waals surface area contributed by atoms with Gasteiger partial charge in [-0.3, -0.25) is 4.90 Å². The van der Waals surface area contributed by atoms with Gasteiger partial charge in [0.15, 0.2) is 0 Å². The van der Waals surface area contributed by atoms with E-state index in [9.17, 15) is 8.42 Å². The molecule has 1 fully saturated rings. The van der Waals surface area contributed by atoms with Crippen LogP contribution >= 0.6 is 23.2 Å². The van der Waals surface area contributed by atoms with E-state index in [0.717, 1.165) is 26.2 Å². The fourth-order valence-corrected chi connectivity index (χ4v) is 4.69. The molecular formula is C14H21Cl2N3O2S. The summed E-state index contributed by atoms with van der Waals surface area (Å²) in [5.41, 5.74) is 0. The van der Waals surface area contributed by atoms with Gasteiger partial charge in [-0.1, -0.05) is 29.3 Å². The first-order valence-electron chi connectivity index (χ1n) is 7.17. The number of rotatable bonds is 5. The summed E-state index contributed by atoms with van der Waals surface area (Å²) >= 11 is 11.9. The van der Waals surface area contributed by atoms with Crippen molar-refractivity contribution < 1.29 is 8.42 Å². The van der Waals surface area contributed by atoms with E-state index in [1.54, 1.807) is 6.07 Å². The highest BCUT2D eigenvalue weighted by Crippen LogP contribution is 2.28. The molecule has 0 spiro atoms. The maximum absolute atomic E-state index is 12.4. The minimum Gasteiger partial charge on any atom is -0.304 e. The third-order valence-corrected chi connectivity index (χ3v) is 6.30. The maximum Gasteiger partial charge on any atom is 0.243 e. The Hall–Kier alpha value is -0.370. The van der Waals surface area contributed by atoms with Crippen LogP contribution < -0.4 is 4.72 Å². The first-order valence-corrected chi connectivity index (χ1v) is 9.41. The van der Waals surface area contributed by atoms with E-state index < -0.39 is 10.0 Å². The van der Waals surface area contributed by atoms with Gasteiger partial charge in [0, 0.05) is 38.8 Å². The van der Waals surface area contributed by atoms with Crippen LogP contribution in [0.15, 0.2) is 23.1 Å².